The summed E-state index contributed by atoms with van der Waals surface area (Å²) < 4.78 is 29.1. The van der Waals surface area contributed by atoms with E-state index in [-0.39, 0.29) is 5.75 Å². The Morgan fingerprint density at radius 2 is 2.12 bits per heavy atom. The van der Waals surface area contributed by atoms with Crippen molar-refractivity contribution in [3.8, 4) is 5.75 Å². The quantitative estimate of drug-likeness (QED) is 0.830. The highest BCUT2D eigenvalue weighted by Gasteiger charge is 2.31. The van der Waals surface area contributed by atoms with Crippen LogP contribution in [0.2, 0.25) is 0 Å². The number of rotatable bonds is 2. The highest BCUT2D eigenvalue weighted by Crippen LogP contribution is 2.31. The van der Waals surface area contributed by atoms with Gasteiger partial charge in [-0.3, -0.25) is 0 Å². The number of methoxy groups -OCH3 is 1. The predicted molar refractivity (Wildman–Crippen MR) is 62.4 cm³/mol. The fourth-order valence-electron chi connectivity index (χ4n) is 1.95. The van der Waals surface area contributed by atoms with Crippen molar-refractivity contribution in [1.82, 2.24) is 5.32 Å². The average molecular weight is 241 g/mol. The Labute approximate surface area is 95.5 Å². The highest BCUT2D eigenvalue weighted by molar-refractivity contribution is 7.91. The largest absolute Gasteiger partial charge is 0.496 e. The van der Waals surface area contributed by atoms with Gasteiger partial charge in [0.15, 0.2) is 9.84 Å². The summed E-state index contributed by atoms with van der Waals surface area (Å²) in [5, 5.41) is 2.62. The molecule has 1 heterocycles. The zero-order valence-electron chi connectivity index (χ0n) is 9.14. The highest BCUT2D eigenvalue weighted by atomic mass is 32.2. The second-order valence-corrected chi connectivity index (χ2v) is 6.10. The summed E-state index contributed by atoms with van der Waals surface area (Å²) in [5.74, 6) is 0.829. The first kappa shape index (κ1) is 11.4. The van der Waals surface area contributed by atoms with E-state index in [1.54, 1.807) is 13.2 Å². The van der Waals surface area contributed by atoms with Crippen LogP contribution in [0.15, 0.2) is 24.3 Å². The molecule has 1 aliphatic heterocycles. The minimum Gasteiger partial charge on any atom is -0.496 e. The third-order valence-electron chi connectivity index (χ3n) is 2.81. The van der Waals surface area contributed by atoms with Gasteiger partial charge in [-0.1, -0.05) is 18.2 Å². The third kappa shape index (κ3) is 2.05. The minimum absolute atomic E-state index is 0.190. The van der Waals surface area contributed by atoms with Crippen LogP contribution >= 0.6 is 0 Å². The maximum atomic E-state index is 12.0. The van der Waals surface area contributed by atoms with E-state index in [0.29, 0.717) is 18.8 Å². The molecule has 16 heavy (non-hydrogen) atoms. The van der Waals surface area contributed by atoms with Crippen molar-refractivity contribution in [2.24, 2.45) is 0 Å². The van der Waals surface area contributed by atoms with Gasteiger partial charge in [0.1, 0.15) is 11.0 Å². The van der Waals surface area contributed by atoms with Gasteiger partial charge in [0.2, 0.25) is 0 Å². The molecule has 0 aliphatic carbocycles. The molecule has 0 spiro atoms. The van der Waals surface area contributed by atoms with Gasteiger partial charge < -0.3 is 10.1 Å². The summed E-state index contributed by atoms with van der Waals surface area (Å²) in [6, 6.07) is 7.28. The molecular formula is C11H15NO3S. The number of benzene rings is 1. The van der Waals surface area contributed by atoms with Crippen molar-refractivity contribution in [1.29, 1.82) is 0 Å². The van der Waals surface area contributed by atoms with Crippen LogP contribution in [0.5, 0.6) is 5.75 Å². The van der Waals surface area contributed by atoms with Gasteiger partial charge in [-0.2, -0.15) is 0 Å². The standard InChI is InChI=1S/C11H15NO3S/c1-15-10-5-3-2-4-9(10)11-8-12-6-7-16(11,13)14/h2-5,11-12H,6-8H2,1H3. The summed E-state index contributed by atoms with van der Waals surface area (Å²) in [6.45, 7) is 0.997. The fourth-order valence-corrected chi connectivity index (χ4v) is 3.62. The Hall–Kier alpha value is -1.07. The van der Waals surface area contributed by atoms with E-state index < -0.39 is 15.1 Å². The number of nitrogens with one attached hydrogen (secondary N) is 1. The van der Waals surface area contributed by atoms with Crippen LogP contribution in [-0.4, -0.2) is 34.4 Å². The Balaban J connectivity index is 2.42. The summed E-state index contributed by atoms with van der Waals surface area (Å²) in [7, 11) is -1.49. The number of hydrogen-bond donors (Lipinski definition) is 1. The van der Waals surface area contributed by atoms with Gasteiger partial charge in [0.05, 0.1) is 12.9 Å². The van der Waals surface area contributed by atoms with E-state index in [2.05, 4.69) is 5.32 Å². The molecule has 0 amide bonds. The molecule has 1 aromatic rings. The second-order valence-electron chi connectivity index (χ2n) is 3.80. The molecule has 1 fully saturated rings. The molecular weight excluding hydrogens is 226 g/mol. The van der Waals surface area contributed by atoms with Gasteiger partial charge >= 0.3 is 0 Å². The van der Waals surface area contributed by atoms with Crippen LogP contribution in [-0.2, 0) is 9.84 Å². The number of para-hydroxylation sites is 1. The Morgan fingerprint density at radius 3 is 2.81 bits per heavy atom. The lowest BCUT2D eigenvalue weighted by Gasteiger charge is -2.24. The Kier molecular flexibility index (Phi) is 3.16. The van der Waals surface area contributed by atoms with Gasteiger partial charge in [-0.15, -0.1) is 0 Å². The first-order valence-electron chi connectivity index (χ1n) is 5.20. The molecule has 0 bridgehead atoms. The zero-order chi connectivity index (χ0) is 11.6. The molecule has 2 rings (SSSR count). The van der Waals surface area contributed by atoms with Gasteiger partial charge in [-0.25, -0.2) is 8.42 Å². The van der Waals surface area contributed by atoms with Crippen LogP contribution in [0.3, 0.4) is 0 Å². The van der Waals surface area contributed by atoms with Crippen LogP contribution < -0.4 is 10.1 Å². The molecule has 1 aromatic carbocycles. The van der Waals surface area contributed by atoms with Crippen LogP contribution in [0.1, 0.15) is 10.8 Å². The number of hydrogen-bond acceptors (Lipinski definition) is 4. The van der Waals surface area contributed by atoms with Gasteiger partial charge in [0, 0.05) is 18.7 Å². The van der Waals surface area contributed by atoms with E-state index in [0.717, 1.165) is 5.56 Å². The first-order valence-corrected chi connectivity index (χ1v) is 6.92. The van der Waals surface area contributed by atoms with Crippen molar-refractivity contribution in [3.05, 3.63) is 29.8 Å². The predicted octanol–water partition coefficient (Wildman–Crippen LogP) is 0.754. The molecule has 0 aromatic heterocycles. The van der Waals surface area contributed by atoms with Gasteiger partial charge in [0.25, 0.3) is 0 Å². The first-order chi connectivity index (χ1) is 7.65. The van der Waals surface area contributed by atoms with Crippen molar-refractivity contribution in [2.75, 3.05) is 26.0 Å². The normalized spacial score (nSPS) is 23.9. The molecule has 4 nitrogen and oxygen atoms in total. The van der Waals surface area contributed by atoms with E-state index in [1.807, 2.05) is 18.2 Å². The van der Waals surface area contributed by atoms with Gasteiger partial charge in [-0.05, 0) is 6.07 Å². The molecule has 5 heteroatoms. The Bertz CT molecular complexity index is 470. The lowest BCUT2D eigenvalue weighted by atomic mass is 10.1. The van der Waals surface area contributed by atoms with E-state index in [4.69, 9.17) is 4.74 Å². The maximum Gasteiger partial charge on any atom is 0.159 e. The van der Waals surface area contributed by atoms with Crippen molar-refractivity contribution in [2.45, 2.75) is 5.25 Å². The molecule has 0 radical (unpaired) electrons. The topological polar surface area (TPSA) is 55.4 Å². The average Bonchev–Trinajstić information content (AvgIpc) is 2.28. The van der Waals surface area contributed by atoms with E-state index in [1.165, 1.54) is 0 Å². The van der Waals surface area contributed by atoms with E-state index >= 15 is 0 Å². The van der Waals surface area contributed by atoms with Crippen molar-refractivity contribution < 1.29 is 13.2 Å². The summed E-state index contributed by atoms with van der Waals surface area (Å²) in [5.41, 5.74) is 0.747. The summed E-state index contributed by atoms with van der Waals surface area (Å²) in [6.07, 6.45) is 0. The lowest BCUT2D eigenvalue weighted by molar-refractivity contribution is 0.407. The molecule has 1 atom stereocenters. The van der Waals surface area contributed by atoms with Crippen molar-refractivity contribution >= 4 is 9.84 Å². The zero-order valence-corrected chi connectivity index (χ0v) is 9.96. The monoisotopic (exact) mass is 241 g/mol. The molecule has 1 N–H and O–H groups in total. The second kappa shape index (κ2) is 4.43. The SMILES string of the molecule is COc1ccccc1C1CNCCS1(=O)=O. The summed E-state index contributed by atoms with van der Waals surface area (Å²) in [4.78, 5) is 0. The molecule has 0 saturated carbocycles. The Morgan fingerprint density at radius 1 is 1.38 bits per heavy atom. The molecule has 1 aliphatic rings. The third-order valence-corrected chi connectivity index (χ3v) is 4.87. The fraction of sp³-hybridized carbons (Fsp3) is 0.455. The molecule has 88 valence electrons. The summed E-state index contributed by atoms with van der Waals surface area (Å²) >= 11 is 0. The van der Waals surface area contributed by atoms with Crippen LogP contribution in [0.25, 0.3) is 0 Å². The van der Waals surface area contributed by atoms with Crippen molar-refractivity contribution in [3.63, 3.8) is 0 Å². The minimum atomic E-state index is -3.05. The smallest absolute Gasteiger partial charge is 0.159 e. The van der Waals surface area contributed by atoms with Crippen LogP contribution in [0.4, 0.5) is 0 Å². The molecule has 1 unspecified atom stereocenters. The number of sulfone groups is 1. The number of ether oxygens (including phenoxy) is 1. The lowest BCUT2D eigenvalue weighted by Crippen LogP contribution is -2.38. The molecule has 1 saturated heterocycles. The van der Waals surface area contributed by atoms with Crippen LogP contribution in [0, 0.1) is 0 Å². The maximum absolute atomic E-state index is 12.0. The van der Waals surface area contributed by atoms with E-state index in [9.17, 15) is 8.42 Å².